The van der Waals surface area contributed by atoms with E-state index in [1.807, 2.05) is 0 Å². The van der Waals surface area contributed by atoms with Crippen LogP contribution in [0.25, 0.3) is 11.6 Å². The molecule has 106 valence electrons. The van der Waals surface area contributed by atoms with Crippen LogP contribution in [0.3, 0.4) is 0 Å². The summed E-state index contributed by atoms with van der Waals surface area (Å²) in [5, 5.41) is 7.58. The number of hydrogen-bond acceptors (Lipinski definition) is 6. The van der Waals surface area contributed by atoms with Crippen LogP contribution in [0.2, 0.25) is 0 Å². The molecule has 0 amide bonds. The SMILES string of the molecule is CCCNC1CCCC1c1nc(-c2ncccn2)no1. The molecule has 2 atom stereocenters. The molecule has 0 aromatic carbocycles. The van der Waals surface area contributed by atoms with Crippen LogP contribution in [-0.4, -0.2) is 32.7 Å². The van der Waals surface area contributed by atoms with Gasteiger partial charge in [0.05, 0.1) is 5.92 Å². The summed E-state index contributed by atoms with van der Waals surface area (Å²) in [6, 6.07) is 2.21. The van der Waals surface area contributed by atoms with Crippen LogP contribution in [-0.2, 0) is 0 Å². The quantitative estimate of drug-likeness (QED) is 0.899. The molecule has 1 saturated carbocycles. The van der Waals surface area contributed by atoms with Crippen LogP contribution in [0.5, 0.6) is 0 Å². The molecule has 0 radical (unpaired) electrons. The number of hydrogen-bond donors (Lipinski definition) is 1. The van der Waals surface area contributed by atoms with Gasteiger partial charge in [0.25, 0.3) is 0 Å². The third kappa shape index (κ3) is 2.70. The first kappa shape index (κ1) is 13.2. The molecule has 3 rings (SSSR count). The lowest BCUT2D eigenvalue weighted by Crippen LogP contribution is -2.31. The van der Waals surface area contributed by atoms with E-state index < -0.39 is 0 Å². The highest BCUT2D eigenvalue weighted by molar-refractivity contribution is 5.40. The highest BCUT2D eigenvalue weighted by Gasteiger charge is 2.32. The molecular formula is C14H19N5O. The Morgan fingerprint density at radius 3 is 2.90 bits per heavy atom. The van der Waals surface area contributed by atoms with Crippen molar-refractivity contribution in [3.63, 3.8) is 0 Å². The Bertz CT molecular complexity index is 542. The Morgan fingerprint density at radius 2 is 2.10 bits per heavy atom. The third-order valence-electron chi connectivity index (χ3n) is 3.70. The molecule has 6 heteroatoms. The van der Waals surface area contributed by atoms with Gasteiger partial charge in [-0.05, 0) is 31.9 Å². The second kappa shape index (κ2) is 6.09. The lowest BCUT2D eigenvalue weighted by Gasteiger charge is -2.17. The van der Waals surface area contributed by atoms with Gasteiger partial charge in [-0.15, -0.1) is 0 Å². The van der Waals surface area contributed by atoms with Gasteiger partial charge in [0.15, 0.2) is 0 Å². The highest BCUT2D eigenvalue weighted by Crippen LogP contribution is 2.34. The first-order valence-electron chi connectivity index (χ1n) is 7.23. The Labute approximate surface area is 118 Å². The normalized spacial score (nSPS) is 22.2. The minimum absolute atomic E-state index is 0.312. The molecule has 0 saturated heterocycles. The van der Waals surface area contributed by atoms with E-state index in [0.717, 1.165) is 19.4 Å². The maximum atomic E-state index is 5.43. The van der Waals surface area contributed by atoms with Crippen molar-refractivity contribution in [2.75, 3.05) is 6.54 Å². The summed E-state index contributed by atoms with van der Waals surface area (Å²) >= 11 is 0. The number of aromatic nitrogens is 4. The van der Waals surface area contributed by atoms with Crippen molar-refractivity contribution in [2.45, 2.75) is 44.6 Å². The zero-order valence-corrected chi connectivity index (χ0v) is 11.6. The number of nitrogens with one attached hydrogen (secondary N) is 1. The number of rotatable bonds is 5. The minimum atomic E-state index is 0.312. The van der Waals surface area contributed by atoms with Gasteiger partial charge in [-0.3, -0.25) is 0 Å². The molecule has 0 spiro atoms. The molecule has 6 nitrogen and oxygen atoms in total. The maximum Gasteiger partial charge on any atom is 0.240 e. The molecule has 2 aromatic heterocycles. The van der Waals surface area contributed by atoms with E-state index in [9.17, 15) is 0 Å². The number of nitrogens with zero attached hydrogens (tertiary/aromatic N) is 4. The van der Waals surface area contributed by atoms with Gasteiger partial charge in [0.2, 0.25) is 17.5 Å². The van der Waals surface area contributed by atoms with Gasteiger partial charge in [0, 0.05) is 18.4 Å². The van der Waals surface area contributed by atoms with E-state index in [0.29, 0.717) is 29.5 Å². The van der Waals surface area contributed by atoms with Crippen molar-refractivity contribution in [3.05, 3.63) is 24.4 Å². The van der Waals surface area contributed by atoms with Crippen LogP contribution < -0.4 is 5.32 Å². The predicted octanol–water partition coefficient (Wildman–Crippen LogP) is 2.16. The fourth-order valence-corrected chi connectivity index (χ4v) is 2.72. The van der Waals surface area contributed by atoms with Crippen molar-refractivity contribution in [2.24, 2.45) is 0 Å². The summed E-state index contributed by atoms with van der Waals surface area (Å²) in [5.41, 5.74) is 0. The molecule has 2 unspecified atom stereocenters. The third-order valence-corrected chi connectivity index (χ3v) is 3.70. The van der Waals surface area contributed by atoms with E-state index >= 15 is 0 Å². The molecule has 1 fully saturated rings. The van der Waals surface area contributed by atoms with Crippen LogP contribution in [0.1, 0.15) is 44.4 Å². The van der Waals surface area contributed by atoms with Gasteiger partial charge < -0.3 is 9.84 Å². The Morgan fingerprint density at radius 1 is 1.25 bits per heavy atom. The van der Waals surface area contributed by atoms with E-state index in [2.05, 4.69) is 32.3 Å². The van der Waals surface area contributed by atoms with E-state index in [1.165, 1.54) is 12.8 Å². The summed E-state index contributed by atoms with van der Waals surface area (Å²) in [6.45, 7) is 3.21. The summed E-state index contributed by atoms with van der Waals surface area (Å²) in [4.78, 5) is 12.8. The zero-order valence-electron chi connectivity index (χ0n) is 11.6. The molecule has 0 bridgehead atoms. The topological polar surface area (TPSA) is 76.7 Å². The standard InChI is InChI=1S/C14H19N5O/c1-2-7-15-11-6-3-5-10(11)14-18-13(19-20-14)12-16-8-4-9-17-12/h4,8-11,15H,2-3,5-7H2,1H3. The average molecular weight is 273 g/mol. The van der Waals surface area contributed by atoms with Crippen molar-refractivity contribution < 1.29 is 4.52 Å². The summed E-state index contributed by atoms with van der Waals surface area (Å²) in [6.07, 6.45) is 7.96. The molecule has 20 heavy (non-hydrogen) atoms. The summed E-state index contributed by atoms with van der Waals surface area (Å²) in [5.74, 6) is 2.00. The van der Waals surface area contributed by atoms with Gasteiger partial charge >= 0.3 is 0 Å². The molecule has 1 aliphatic carbocycles. The van der Waals surface area contributed by atoms with Crippen LogP contribution in [0.4, 0.5) is 0 Å². The molecular weight excluding hydrogens is 254 g/mol. The predicted molar refractivity (Wildman–Crippen MR) is 74.0 cm³/mol. The van der Waals surface area contributed by atoms with Gasteiger partial charge in [-0.2, -0.15) is 4.98 Å². The molecule has 0 aliphatic heterocycles. The monoisotopic (exact) mass is 273 g/mol. The molecule has 2 aromatic rings. The highest BCUT2D eigenvalue weighted by atomic mass is 16.5. The van der Waals surface area contributed by atoms with Crippen molar-refractivity contribution in [1.29, 1.82) is 0 Å². The van der Waals surface area contributed by atoms with Gasteiger partial charge in [-0.1, -0.05) is 18.5 Å². The Balaban J connectivity index is 1.76. The van der Waals surface area contributed by atoms with Gasteiger partial charge in [0.1, 0.15) is 0 Å². The second-order valence-corrected chi connectivity index (χ2v) is 5.13. The van der Waals surface area contributed by atoms with Crippen molar-refractivity contribution >= 4 is 0 Å². The molecule has 1 aliphatic rings. The molecule has 1 N–H and O–H groups in total. The largest absolute Gasteiger partial charge is 0.338 e. The Hall–Kier alpha value is -1.82. The summed E-state index contributed by atoms with van der Waals surface area (Å²) < 4.78 is 5.43. The maximum absolute atomic E-state index is 5.43. The van der Waals surface area contributed by atoms with Crippen LogP contribution in [0.15, 0.2) is 23.0 Å². The average Bonchev–Trinajstić information content (AvgIpc) is 3.14. The van der Waals surface area contributed by atoms with Crippen molar-refractivity contribution in [1.82, 2.24) is 25.4 Å². The lowest BCUT2D eigenvalue weighted by molar-refractivity contribution is 0.330. The van der Waals surface area contributed by atoms with Crippen LogP contribution >= 0.6 is 0 Å². The first-order chi connectivity index (χ1) is 9.88. The van der Waals surface area contributed by atoms with Crippen molar-refractivity contribution in [3.8, 4) is 11.6 Å². The smallest absolute Gasteiger partial charge is 0.240 e. The van der Waals surface area contributed by atoms with Crippen LogP contribution in [0, 0.1) is 0 Å². The van der Waals surface area contributed by atoms with E-state index in [1.54, 1.807) is 18.5 Å². The minimum Gasteiger partial charge on any atom is -0.338 e. The Kier molecular flexibility index (Phi) is 4.01. The van der Waals surface area contributed by atoms with E-state index in [4.69, 9.17) is 4.52 Å². The fourth-order valence-electron chi connectivity index (χ4n) is 2.72. The lowest BCUT2D eigenvalue weighted by atomic mass is 10.0. The van der Waals surface area contributed by atoms with Gasteiger partial charge in [-0.25, -0.2) is 9.97 Å². The second-order valence-electron chi connectivity index (χ2n) is 5.13. The zero-order chi connectivity index (χ0) is 13.8. The molecule has 2 heterocycles. The fraction of sp³-hybridized carbons (Fsp3) is 0.571. The first-order valence-corrected chi connectivity index (χ1v) is 7.23. The summed E-state index contributed by atoms with van der Waals surface area (Å²) in [7, 11) is 0. The van der Waals surface area contributed by atoms with E-state index in [-0.39, 0.29) is 0 Å².